The predicted molar refractivity (Wildman–Crippen MR) is 30.6 cm³/mol. The second kappa shape index (κ2) is 3.79. The summed E-state index contributed by atoms with van der Waals surface area (Å²) in [7, 11) is 2.58. The molecule has 0 rings (SSSR count). The van der Waals surface area contributed by atoms with Gasteiger partial charge in [0.2, 0.25) is 0 Å². The molecule has 9 heavy (non-hydrogen) atoms. The van der Waals surface area contributed by atoms with Gasteiger partial charge in [-0.15, -0.1) is 0 Å². The summed E-state index contributed by atoms with van der Waals surface area (Å²) < 4.78 is 13.5. The van der Waals surface area contributed by atoms with Crippen molar-refractivity contribution < 1.29 is 19.3 Å². The maximum absolute atomic E-state index is 8.96. The molecule has 0 fully saturated rings. The first-order chi connectivity index (χ1) is 4.18. The van der Waals surface area contributed by atoms with Gasteiger partial charge in [0.05, 0.1) is 6.61 Å². The Morgan fingerprint density at radius 3 is 1.89 bits per heavy atom. The van der Waals surface area contributed by atoms with Gasteiger partial charge in [-0.1, -0.05) is 0 Å². The number of hydrogen-bond acceptors (Lipinski definition) is 4. The van der Waals surface area contributed by atoms with E-state index in [2.05, 4.69) is 14.2 Å². The lowest BCUT2D eigenvalue weighted by Gasteiger charge is -2.22. The standard InChI is InChI=1S/C5H12O4/c1-4-9-5(6,7-2)8-3/h6H,4H2,1-3H3. The fraction of sp³-hybridized carbons (Fsp3) is 1.00. The van der Waals surface area contributed by atoms with Crippen LogP contribution < -0.4 is 0 Å². The molecule has 0 aromatic heterocycles. The number of methoxy groups -OCH3 is 2. The Labute approximate surface area is 54.3 Å². The van der Waals surface area contributed by atoms with E-state index >= 15 is 0 Å². The second-order valence-corrected chi connectivity index (χ2v) is 1.37. The van der Waals surface area contributed by atoms with E-state index in [0.29, 0.717) is 6.61 Å². The summed E-state index contributed by atoms with van der Waals surface area (Å²) in [5.41, 5.74) is 0. The van der Waals surface area contributed by atoms with Crippen molar-refractivity contribution in [1.29, 1.82) is 0 Å². The molecule has 0 aliphatic carbocycles. The van der Waals surface area contributed by atoms with Crippen LogP contribution in [0, 0.1) is 0 Å². The summed E-state index contributed by atoms with van der Waals surface area (Å²) in [4.78, 5) is 0. The first kappa shape index (κ1) is 8.84. The van der Waals surface area contributed by atoms with Crippen molar-refractivity contribution >= 4 is 0 Å². The van der Waals surface area contributed by atoms with Crippen LogP contribution >= 0.6 is 0 Å². The highest BCUT2D eigenvalue weighted by atomic mass is 17.0. The molecule has 0 unspecified atom stereocenters. The van der Waals surface area contributed by atoms with Gasteiger partial charge in [-0.25, -0.2) is 0 Å². The van der Waals surface area contributed by atoms with Crippen LogP contribution in [0.25, 0.3) is 0 Å². The fourth-order valence-electron chi connectivity index (χ4n) is 0.384. The minimum absolute atomic E-state index is 0.332. The van der Waals surface area contributed by atoms with Gasteiger partial charge < -0.3 is 19.3 Å². The normalized spacial score (nSPS) is 12.0. The van der Waals surface area contributed by atoms with E-state index in [0.717, 1.165) is 0 Å². The smallest absolute Gasteiger partial charge is 0.319 e. The van der Waals surface area contributed by atoms with Crippen molar-refractivity contribution in [2.45, 2.75) is 13.1 Å². The van der Waals surface area contributed by atoms with E-state index in [-0.39, 0.29) is 0 Å². The molecule has 0 saturated carbocycles. The lowest BCUT2D eigenvalue weighted by Crippen LogP contribution is -2.36. The van der Waals surface area contributed by atoms with Gasteiger partial charge in [-0.3, -0.25) is 0 Å². The van der Waals surface area contributed by atoms with E-state index in [4.69, 9.17) is 5.11 Å². The lowest BCUT2D eigenvalue weighted by molar-refractivity contribution is -0.470. The SMILES string of the molecule is CCOC(O)(OC)OC. The minimum atomic E-state index is -1.87. The Kier molecular flexibility index (Phi) is 3.72. The van der Waals surface area contributed by atoms with Crippen LogP contribution in [0.1, 0.15) is 6.92 Å². The van der Waals surface area contributed by atoms with Crippen LogP contribution in [0.15, 0.2) is 0 Å². The van der Waals surface area contributed by atoms with E-state index in [1.54, 1.807) is 6.92 Å². The quantitative estimate of drug-likeness (QED) is 0.549. The summed E-state index contributed by atoms with van der Waals surface area (Å²) in [6.07, 6.45) is -1.87. The van der Waals surface area contributed by atoms with E-state index < -0.39 is 6.16 Å². The van der Waals surface area contributed by atoms with Crippen LogP contribution in [-0.4, -0.2) is 32.1 Å². The van der Waals surface area contributed by atoms with Crippen LogP contribution in [0.3, 0.4) is 0 Å². The van der Waals surface area contributed by atoms with Gasteiger partial charge in [0, 0.05) is 14.2 Å². The van der Waals surface area contributed by atoms with Gasteiger partial charge in [0.15, 0.2) is 0 Å². The zero-order chi connectivity index (χ0) is 7.33. The van der Waals surface area contributed by atoms with E-state index in [9.17, 15) is 0 Å². The van der Waals surface area contributed by atoms with Crippen molar-refractivity contribution in [1.82, 2.24) is 0 Å². The molecule has 0 aromatic rings. The number of aliphatic hydroxyl groups is 1. The Morgan fingerprint density at radius 2 is 1.78 bits per heavy atom. The van der Waals surface area contributed by atoms with Crippen molar-refractivity contribution in [3.63, 3.8) is 0 Å². The summed E-state index contributed by atoms with van der Waals surface area (Å²) in [6.45, 7) is 2.06. The van der Waals surface area contributed by atoms with Crippen molar-refractivity contribution in [2.75, 3.05) is 20.8 Å². The van der Waals surface area contributed by atoms with Gasteiger partial charge in [-0.05, 0) is 6.92 Å². The summed E-state index contributed by atoms with van der Waals surface area (Å²) in [5, 5.41) is 8.96. The average molecular weight is 136 g/mol. The fourth-order valence-corrected chi connectivity index (χ4v) is 0.384. The van der Waals surface area contributed by atoms with Gasteiger partial charge >= 0.3 is 6.16 Å². The minimum Gasteiger partial charge on any atom is -0.319 e. The number of hydrogen-bond donors (Lipinski definition) is 1. The Bertz CT molecular complexity index is 69.4. The number of ether oxygens (including phenoxy) is 3. The molecule has 0 heterocycles. The maximum Gasteiger partial charge on any atom is 0.409 e. The first-order valence-electron chi connectivity index (χ1n) is 2.65. The molecule has 4 heteroatoms. The Balaban J connectivity index is 3.62. The lowest BCUT2D eigenvalue weighted by atomic mass is 10.8. The highest BCUT2D eigenvalue weighted by molar-refractivity contribution is 4.28. The van der Waals surface area contributed by atoms with Crippen LogP contribution in [0.5, 0.6) is 0 Å². The Morgan fingerprint density at radius 1 is 1.33 bits per heavy atom. The molecule has 0 spiro atoms. The van der Waals surface area contributed by atoms with E-state index in [1.165, 1.54) is 14.2 Å². The molecule has 0 aliphatic rings. The van der Waals surface area contributed by atoms with Crippen LogP contribution in [0.2, 0.25) is 0 Å². The molecule has 56 valence electrons. The molecule has 0 bridgehead atoms. The van der Waals surface area contributed by atoms with Gasteiger partial charge in [0.1, 0.15) is 0 Å². The van der Waals surface area contributed by atoms with Crippen molar-refractivity contribution in [3.05, 3.63) is 0 Å². The van der Waals surface area contributed by atoms with E-state index in [1.807, 2.05) is 0 Å². The van der Waals surface area contributed by atoms with Crippen molar-refractivity contribution in [3.8, 4) is 0 Å². The highest BCUT2D eigenvalue weighted by Crippen LogP contribution is 2.06. The topological polar surface area (TPSA) is 47.9 Å². The third-order valence-electron chi connectivity index (χ3n) is 0.843. The first-order valence-corrected chi connectivity index (χ1v) is 2.65. The third-order valence-corrected chi connectivity index (χ3v) is 0.843. The molecule has 4 nitrogen and oxygen atoms in total. The largest absolute Gasteiger partial charge is 0.409 e. The zero-order valence-electron chi connectivity index (χ0n) is 5.88. The van der Waals surface area contributed by atoms with Gasteiger partial charge in [-0.2, -0.15) is 0 Å². The third kappa shape index (κ3) is 2.76. The molecule has 0 atom stereocenters. The second-order valence-electron chi connectivity index (χ2n) is 1.37. The molecule has 0 saturated heterocycles. The molecule has 0 aromatic carbocycles. The van der Waals surface area contributed by atoms with Crippen molar-refractivity contribution in [2.24, 2.45) is 0 Å². The monoisotopic (exact) mass is 136 g/mol. The molecular formula is C5H12O4. The molecule has 0 aliphatic heterocycles. The highest BCUT2D eigenvalue weighted by Gasteiger charge is 2.25. The molecule has 1 N–H and O–H groups in total. The summed E-state index contributed by atoms with van der Waals surface area (Å²) >= 11 is 0. The number of rotatable bonds is 4. The summed E-state index contributed by atoms with van der Waals surface area (Å²) in [5.74, 6) is 0. The maximum atomic E-state index is 8.96. The average Bonchev–Trinajstić information content (AvgIpc) is 1.89. The molecule has 0 radical (unpaired) electrons. The van der Waals surface area contributed by atoms with Gasteiger partial charge in [0.25, 0.3) is 0 Å². The van der Waals surface area contributed by atoms with Crippen LogP contribution in [0.4, 0.5) is 0 Å². The zero-order valence-corrected chi connectivity index (χ0v) is 5.88. The van der Waals surface area contributed by atoms with Crippen LogP contribution in [-0.2, 0) is 14.2 Å². The summed E-state index contributed by atoms with van der Waals surface area (Å²) in [6, 6.07) is 0. The molecule has 0 amide bonds. The predicted octanol–water partition coefficient (Wildman–Crippen LogP) is -0.0807. The molecular weight excluding hydrogens is 124 g/mol. The Hall–Kier alpha value is -0.160.